The highest BCUT2D eigenvalue weighted by molar-refractivity contribution is 7.55. The van der Waals surface area contributed by atoms with Crippen LogP contribution in [0.1, 0.15) is 20.3 Å². The molecule has 0 saturated carbocycles. The highest BCUT2D eigenvalue weighted by atomic mass is 31.2. The minimum absolute atomic E-state index is 0.299. The van der Waals surface area contributed by atoms with Gasteiger partial charge in [0.25, 0.3) is 0 Å². The lowest BCUT2D eigenvalue weighted by molar-refractivity contribution is 0.339. The van der Waals surface area contributed by atoms with E-state index in [1.165, 1.54) is 14.2 Å². The molecule has 5 nitrogen and oxygen atoms in total. The lowest BCUT2D eigenvalue weighted by atomic mass is 10.3. The summed E-state index contributed by atoms with van der Waals surface area (Å²) >= 11 is 0. The molecular formula is C18H23O5P. The normalized spacial score (nSPS) is 12.3. The summed E-state index contributed by atoms with van der Waals surface area (Å²) in [4.78, 5) is 0. The summed E-state index contributed by atoms with van der Waals surface area (Å²) in [6.07, 6.45) is 0.640. The van der Waals surface area contributed by atoms with Crippen LogP contribution in [0, 0.1) is 0 Å². The first kappa shape index (κ1) is 18.2. The molecule has 0 heterocycles. The van der Waals surface area contributed by atoms with Gasteiger partial charge in [-0.2, -0.15) is 0 Å². The Morgan fingerprint density at radius 3 is 1.54 bits per heavy atom. The summed E-state index contributed by atoms with van der Waals surface area (Å²) in [5, 5.41) is 0. The second-order valence-corrected chi connectivity index (χ2v) is 7.61. The van der Waals surface area contributed by atoms with Crippen molar-refractivity contribution in [2.75, 3.05) is 14.2 Å². The van der Waals surface area contributed by atoms with Crippen molar-refractivity contribution in [1.82, 2.24) is 0 Å². The van der Waals surface area contributed by atoms with Gasteiger partial charge in [0.05, 0.1) is 19.9 Å². The van der Waals surface area contributed by atoms with Crippen LogP contribution >= 0.6 is 7.60 Å². The Bertz CT molecular complexity index is 663. The van der Waals surface area contributed by atoms with E-state index in [2.05, 4.69) is 0 Å². The lowest BCUT2D eigenvalue weighted by Crippen LogP contribution is -2.13. The summed E-state index contributed by atoms with van der Waals surface area (Å²) in [6.45, 7) is 3.78. The van der Waals surface area contributed by atoms with Crippen LogP contribution in [0.25, 0.3) is 0 Å². The van der Waals surface area contributed by atoms with Crippen molar-refractivity contribution in [3.05, 3.63) is 48.5 Å². The van der Waals surface area contributed by atoms with E-state index in [1.54, 1.807) is 36.4 Å². The summed E-state index contributed by atoms with van der Waals surface area (Å²) < 4.78 is 35.7. The number of para-hydroxylation sites is 4. The van der Waals surface area contributed by atoms with Gasteiger partial charge >= 0.3 is 7.60 Å². The van der Waals surface area contributed by atoms with Gasteiger partial charge in [-0.3, -0.25) is 0 Å². The van der Waals surface area contributed by atoms with Gasteiger partial charge in [0, 0.05) is 0 Å². The van der Waals surface area contributed by atoms with Crippen molar-refractivity contribution in [3.63, 3.8) is 0 Å². The van der Waals surface area contributed by atoms with Crippen LogP contribution in [-0.4, -0.2) is 19.9 Å². The molecule has 0 bridgehead atoms. The van der Waals surface area contributed by atoms with Crippen LogP contribution in [0.3, 0.4) is 0 Å². The summed E-state index contributed by atoms with van der Waals surface area (Å²) in [6, 6.07) is 14.1. The van der Waals surface area contributed by atoms with E-state index < -0.39 is 7.60 Å². The number of hydrogen-bond acceptors (Lipinski definition) is 5. The molecule has 0 aliphatic rings. The maximum Gasteiger partial charge on any atom is 0.433 e. The predicted octanol–water partition coefficient (Wildman–Crippen LogP) is 5.15. The maximum absolute atomic E-state index is 13.5. The fourth-order valence-corrected chi connectivity index (χ4v) is 3.78. The third-order valence-corrected chi connectivity index (χ3v) is 6.07. The second kappa shape index (κ2) is 8.11. The average molecular weight is 350 g/mol. The van der Waals surface area contributed by atoms with E-state index in [0.717, 1.165) is 0 Å². The van der Waals surface area contributed by atoms with Crippen LogP contribution < -0.4 is 18.5 Å². The van der Waals surface area contributed by atoms with Crippen molar-refractivity contribution < 1.29 is 23.1 Å². The Morgan fingerprint density at radius 2 is 1.21 bits per heavy atom. The first-order valence-electron chi connectivity index (χ1n) is 7.79. The monoisotopic (exact) mass is 350 g/mol. The van der Waals surface area contributed by atoms with Crippen molar-refractivity contribution >= 4 is 7.60 Å². The first-order chi connectivity index (χ1) is 11.5. The van der Waals surface area contributed by atoms with E-state index in [4.69, 9.17) is 18.5 Å². The van der Waals surface area contributed by atoms with Crippen molar-refractivity contribution in [2.45, 2.75) is 25.9 Å². The van der Waals surface area contributed by atoms with Gasteiger partial charge in [-0.1, -0.05) is 31.2 Å². The van der Waals surface area contributed by atoms with Crippen LogP contribution in [-0.2, 0) is 4.57 Å². The van der Waals surface area contributed by atoms with Gasteiger partial charge in [0.2, 0.25) is 0 Å². The molecule has 130 valence electrons. The molecular weight excluding hydrogens is 327 g/mol. The van der Waals surface area contributed by atoms with Crippen LogP contribution in [0.2, 0.25) is 0 Å². The van der Waals surface area contributed by atoms with Gasteiger partial charge in [-0.05, 0) is 37.6 Å². The quantitative estimate of drug-likeness (QED) is 0.616. The number of ether oxygens (including phenoxy) is 2. The van der Waals surface area contributed by atoms with E-state index in [0.29, 0.717) is 29.4 Å². The Hall–Kier alpha value is -2.13. The predicted molar refractivity (Wildman–Crippen MR) is 94.6 cm³/mol. The number of hydrogen-bond donors (Lipinski definition) is 0. The Morgan fingerprint density at radius 1 is 0.833 bits per heavy atom. The third kappa shape index (κ3) is 4.04. The molecule has 0 aliphatic carbocycles. The van der Waals surface area contributed by atoms with E-state index in [1.807, 2.05) is 26.0 Å². The van der Waals surface area contributed by atoms with Crippen molar-refractivity contribution in [2.24, 2.45) is 0 Å². The second-order valence-electron chi connectivity index (χ2n) is 5.28. The fraction of sp³-hybridized carbons (Fsp3) is 0.333. The van der Waals surface area contributed by atoms with Gasteiger partial charge in [0.15, 0.2) is 23.0 Å². The highest BCUT2D eigenvalue weighted by Gasteiger charge is 2.36. The molecule has 2 aromatic rings. The molecule has 2 rings (SSSR count). The zero-order valence-corrected chi connectivity index (χ0v) is 15.3. The molecule has 0 spiro atoms. The zero-order valence-electron chi connectivity index (χ0n) is 14.4. The highest BCUT2D eigenvalue weighted by Crippen LogP contribution is 2.56. The maximum atomic E-state index is 13.5. The topological polar surface area (TPSA) is 54.0 Å². The van der Waals surface area contributed by atoms with E-state index in [9.17, 15) is 4.57 Å². The zero-order chi connectivity index (χ0) is 17.6. The van der Waals surface area contributed by atoms with Crippen LogP contribution in [0.15, 0.2) is 48.5 Å². The Labute approximate surface area is 143 Å². The molecule has 0 amide bonds. The summed E-state index contributed by atoms with van der Waals surface area (Å²) in [7, 11) is -0.416. The minimum atomic E-state index is -3.49. The van der Waals surface area contributed by atoms with E-state index >= 15 is 0 Å². The number of benzene rings is 2. The first-order valence-corrected chi connectivity index (χ1v) is 9.40. The fourth-order valence-electron chi connectivity index (χ4n) is 2.08. The third-order valence-electron chi connectivity index (χ3n) is 3.72. The Balaban J connectivity index is 2.38. The molecule has 0 aliphatic heterocycles. The summed E-state index contributed by atoms with van der Waals surface area (Å²) in [5.41, 5.74) is -0.299. The Kier molecular flexibility index (Phi) is 6.16. The smallest absolute Gasteiger partial charge is 0.433 e. The van der Waals surface area contributed by atoms with Gasteiger partial charge in [0.1, 0.15) is 0 Å². The molecule has 6 heteroatoms. The molecule has 0 saturated heterocycles. The van der Waals surface area contributed by atoms with Crippen LogP contribution in [0.5, 0.6) is 23.0 Å². The van der Waals surface area contributed by atoms with Crippen molar-refractivity contribution in [1.29, 1.82) is 0 Å². The molecule has 2 aromatic carbocycles. The lowest BCUT2D eigenvalue weighted by Gasteiger charge is -2.25. The minimum Gasteiger partial charge on any atom is -0.493 e. The average Bonchev–Trinajstić information content (AvgIpc) is 2.61. The molecule has 24 heavy (non-hydrogen) atoms. The number of methoxy groups -OCH3 is 2. The van der Waals surface area contributed by atoms with Crippen LogP contribution in [0.4, 0.5) is 0 Å². The SMILES string of the molecule is CCC(C)P(=O)(Oc1ccccc1OC)Oc1ccccc1OC. The molecule has 0 N–H and O–H groups in total. The molecule has 1 unspecified atom stereocenters. The summed E-state index contributed by atoms with van der Waals surface area (Å²) in [5.74, 6) is 1.78. The molecule has 1 atom stereocenters. The van der Waals surface area contributed by atoms with E-state index in [-0.39, 0.29) is 5.66 Å². The standard InChI is InChI=1S/C18H23O5P/c1-5-14(2)24(19,22-17-12-8-6-10-15(17)20-3)23-18-13-9-7-11-16(18)21-4/h6-14H,5H2,1-4H3. The molecule has 0 radical (unpaired) electrons. The van der Waals surface area contributed by atoms with Gasteiger partial charge in [-0.25, -0.2) is 4.57 Å². The van der Waals surface area contributed by atoms with Gasteiger partial charge in [-0.15, -0.1) is 0 Å². The number of rotatable bonds is 8. The van der Waals surface area contributed by atoms with Crippen molar-refractivity contribution in [3.8, 4) is 23.0 Å². The van der Waals surface area contributed by atoms with Gasteiger partial charge < -0.3 is 18.5 Å². The largest absolute Gasteiger partial charge is 0.493 e. The molecule has 0 aromatic heterocycles. The molecule has 0 fully saturated rings.